The highest BCUT2D eigenvalue weighted by atomic mass is 16.5. The average molecular weight is 358 g/mol. The molecule has 1 N–H and O–H groups in total. The maximum Gasteiger partial charge on any atom is 0.274 e. The Morgan fingerprint density at radius 3 is 2.85 bits per heavy atom. The van der Waals surface area contributed by atoms with Crippen LogP contribution in [0.3, 0.4) is 0 Å². The number of hydrogen-bond acceptors (Lipinski definition) is 5. The Balaban J connectivity index is 1.79. The molecule has 1 aromatic carbocycles. The largest absolute Gasteiger partial charge is 0.491 e. The zero-order chi connectivity index (χ0) is 18.7. The molecular weight excluding hydrogens is 336 g/mol. The van der Waals surface area contributed by atoms with Crippen molar-refractivity contribution in [3.05, 3.63) is 41.2 Å². The summed E-state index contributed by atoms with van der Waals surface area (Å²) in [4.78, 5) is 26.2. The second-order valence-corrected chi connectivity index (χ2v) is 6.17. The molecule has 0 fully saturated rings. The topological polar surface area (TPSA) is 85.7 Å². The van der Waals surface area contributed by atoms with Crippen molar-refractivity contribution in [3.8, 4) is 5.75 Å². The quantitative estimate of drug-likeness (QED) is 0.892. The van der Waals surface area contributed by atoms with Crippen LogP contribution in [-0.2, 0) is 23.1 Å². The monoisotopic (exact) mass is 358 g/mol. The van der Waals surface area contributed by atoms with Crippen LogP contribution in [0.15, 0.2) is 24.3 Å². The van der Waals surface area contributed by atoms with Gasteiger partial charge < -0.3 is 19.7 Å². The minimum Gasteiger partial charge on any atom is -0.491 e. The summed E-state index contributed by atoms with van der Waals surface area (Å²) >= 11 is 0. The van der Waals surface area contributed by atoms with E-state index >= 15 is 0 Å². The molecule has 8 nitrogen and oxygen atoms in total. The second kappa shape index (κ2) is 7.57. The zero-order valence-electron chi connectivity index (χ0n) is 15.1. The maximum atomic E-state index is 12.8. The van der Waals surface area contributed by atoms with E-state index in [2.05, 4.69) is 10.4 Å². The van der Waals surface area contributed by atoms with Gasteiger partial charge in [-0.2, -0.15) is 5.10 Å². The number of amides is 2. The molecule has 0 atom stereocenters. The van der Waals surface area contributed by atoms with E-state index < -0.39 is 0 Å². The van der Waals surface area contributed by atoms with E-state index in [-0.39, 0.29) is 18.4 Å². The van der Waals surface area contributed by atoms with Gasteiger partial charge in [-0.15, -0.1) is 0 Å². The predicted molar refractivity (Wildman–Crippen MR) is 95.1 cm³/mol. The molecule has 1 aliphatic heterocycles. The Morgan fingerprint density at radius 1 is 1.35 bits per heavy atom. The van der Waals surface area contributed by atoms with Gasteiger partial charge in [0.25, 0.3) is 5.91 Å². The SMILES string of the molecule is COCC(=O)Nc1ccc2c(c1)CN(C(=O)c1cc(C)n(C)n1)CCO2. The minimum absolute atomic E-state index is 0.0166. The lowest BCUT2D eigenvalue weighted by atomic mass is 10.1. The first-order valence-corrected chi connectivity index (χ1v) is 8.32. The van der Waals surface area contributed by atoms with E-state index in [0.717, 1.165) is 11.3 Å². The molecule has 0 unspecified atom stereocenters. The summed E-state index contributed by atoms with van der Waals surface area (Å²) in [5, 5.41) is 7.02. The first-order chi connectivity index (χ1) is 12.5. The molecule has 0 bridgehead atoms. The summed E-state index contributed by atoms with van der Waals surface area (Å²) in [6.07, 6.45) is 0. The van der Waals surface area contributed by atoms with Crippen molar-refractivity contribution in [2.45, 2.75) is 13.5 Å². The number of anilines is 1. The number of benzene rings is 1. The smallest absolute Gasteiger partial charge is 0.274 e. The molecule has 3 rings (SSSR count). The number of carbonyl (C=O) groups is 2. The third-order valence-corrected chi connectivity index (χ3v) is 4.22. The first kappa shape index (κ1) is 17.9. The fourth-order valence-electron chi connectivity index (χ4n) is 2.80. The second-order valence-electron chi connectivity index (χ2n) is 6.17. The van der Waals surface area contributed by atoms with E-state index in [1.807, 2.05) is 20.0 Å². The van der Waals surface area contributed by atoms with E-state index in [4.69, 9.17) is 9.47 Å². The van der Waals surface area contributed by atoms with Gasteiger partial charge in [0.15, 0.2) is 5.69 Å². The maximum absolute atomic E-state index is 12.8. The average Bonchev–Trinajstić information content (AvgIpc) is 2.82. The molecule has 1 aromatic heterocycles. The molecule has 0 radical (unpaired) electrons. The van der Waals surface area contributed by atoms with Crippen LogP contribution in [0, 0.1) is 6.92 Å². The highest BCUT2D eigenvalue weighted by Crippen LogP contribution is 2.27. The molecule has 0 spiro atoms. The molecule has 0 saturated heterocycles. The van der Waals surface area contributed by atoms with Crippen LogP contribution in [0.1, 0.15) is 21.7 Å². The van der Waals surface area contributed by atoms with Gasteiger partial charge in [0, 0.05) is 37.6 Å². The van der Waals surface area contributed by atoms with E-state index in [0.29, 0.717) is 36.8 Å². The fraction of sp³-hybridized carbons (Fsp3) is 0.389. The van der Waals surface area contributed by atoms with Crippen LogP contribution in [-0.4, -0.2) is 53.4 Å². The van der Waals surface area contributed by atoms with Gasteiger partial charge in [-0.05, 0) is 31.2 Å². The number of carbonyl (C=O) groups excluding carboxylic acids is 2. The van der Waals surface area contributed by atoms with Crippen molar-refractivity contribution >= 4 is 17.5 Å². The van der Waals surface area contributed by atoms with Crippen LogP contribution >= 0.6 is 0 Å². The molecule has 0 saturated carbocycles. The molecule has 1 aliphatic rings. The molecule has 8 heteroatoms. The lowest BCUT2D eigenvalue weighted by Gasteiger charge is -2.18. The van der Waals surface area contributed by atoms with Crippen molar-refractivity contribution in [3.63, 3.8) is 0 Å². The van der Waals surface area contributed by atoms with Gasteiger partial charge >= 0.3 is 0 Å². The van der Waals surface area contributed by atoms with Crippen molar-refractivity contribution < 1.29 is 19.1 Å². The number of hydrogen-bond donors (Lipinski definition) is 1. The van der Waals surface area contributed by atoms with Gasteiger partial charge in [0.05, 0.1) is 6.54 Å². The Hall–Kier alpha value is -2.87. The molecule has 26 heavy (non-hydrogen) atoms. The summed E-state index contributed by atoms with van der Waals surface area (Å²) in [6, 6.07) is 7.16. The van der Waals surface area contributed by atoms with Gasteiger partial charge in [-0.25, -0.2) is 0 Å². The van der Waals surface area contributed by atoms with Crippen molar-refractivity contribution in [2.24, 2.45) is 7.05 Å². The molecule has 2 aromatic rings. The fourth-order valence-corrected chi connectivity index (χ4v) is 2.80. The minimum atomic E-state index is -0.237. The third kappa shape index (κ3) is 3.85. The highest BCUT2D eigenvalue weighted by Gasteiger charge is 2.23. The molecule has 0 aliphatic carbocycles. The highest BCUT2D eigenvalue weighted by molar-refractivity contribution is 5.93. The summed E-state index contributed by atoms with van der Waals surface area (Å²) in [7, 11) is 3.27. The molecule has 2 amide bonds. The number of ether oxygens (including phenoxy) is 2. The van der Waals surface area contributed by atoms with Crippen LogP contribution in [0.5, 0.6) is 5.75 Å². The number of nitrogens with zero attached hydrogens (tertiary/aromatic N) is 3. The van der Waals surface area contributed by atoms with E-state index in [1.165, 1.54) is 7.11 Å². The van der Waals surface area contributed by atoms with Gasteiger partial charge in [0.2, 0.25) is 5.91 Å². The van der Waals surface area contributed by atoms with E-state index in [9.17, 15) is 9.59 Å². The Kier molecular flexibility index (Phi) is 5.22. The van der Waals surface area contributed by atoms with Crippen LogP contribution in [0.2, 0.25) is 0 Å². The number of fused-ring (bicyclic) bond motifs is 1. The van der Waals surface area contributed by atoms with Crippen LogP contribution < -0.4 is 10.1 Å². The lowest BCUT2D eigenvalue weighted by Crippen LogP contribution is -2.32. The lowest BCUT2D eigenvalue weighted by molar-refractivity contribution is -0.119. The molecular formula is C18H22N4O4. The van der Waals surface area contributed by atoms with E-state index in [1.54, 1.807) is 27.8 Å². The van der Waals surface area contributed by atoms with Crippen molar-refractivity contribution in [2.75, 3.05) is 32.2 Å². The number of rotatable bonds is 4. The normalized spacial score (nSPS) is 13.6. The zero-order valence-corrected chi connectivity index (χ0v) is 15.1. The van der Waals surface area contributed by atoms with Gasteiger partial charge in [-0.3, -0.25) is 14.3 Å². The third-order valence-electron chi connectivity index (χ3n) is 4.22. The summed E-state index contributed by atoms with van der Waals surface area (Å²) in [5.74, 6) is 0.333. The van der Waals surface area contributed by atoms with Crippen LogP contribution in [0.25, 0.3) is 0 Å². The van der Waals surface area contributed by atoms with Crippen molar-refractivity contribution in [1.29, 1.82) is 0 Å². The summed E-state index contributed by atoms with van der Waals surface area (Å²) in [6.45, 7) is 3.14. The Labute approximate surface area is 151 Å². The summed E-state index contributed by atoms with van der Waals surface area (Å²) in [5.41, 5.74) is 2.80. The summed E-state index contributed by atoms with van der Waals surface area (Å²) < 4.78 is 12.2. The Bertz CT molecular complexity index is 811. The standard InChI is InChI=1S/C18H22N4O4/c1-12-8-15(20-21(12)2)18(24)22-6-7-26-16-5-4-14(9-13(16)10-22)19-17(23)11-25-3/h4-5,8-9H,6-7,10-11H2,1-3H3,(H,19,23). The number of aryl methyl sites for hydroxylation is 2. The number of aromatic nitrogens is 2. The van der Waals surface area contributed by atoms with Crippen molar-refractivity contribution in [1.82, 2.24) is 14.7 Å². The number of methoxy groups -OCH3 is 1. The Morgan fingerprint density at radius 2 is 2.15 bits per heavy atom. The predicted octanol–water partition coefficient (Wildman–Crippen LogP) is 1.35. The molecule has 2 heterocycles. The molecule has 138 valence electrons. The van der Waals surface area contributed by atoms with Gasteiger partial charge in [0.1, 0.15) is 19.0 Å². The van der Waals surface area contributed by atoms with Gasteiger partial charge in [-0.1, -0.05) is 0 Å². The van der Waals surface area contributed by atoms with Crippen LogP contribution in [0.4, 0.5) is 5.69 Å². The number of nitrogens with one attached hydrogen (secondary N) is 1. The first-order valence-electron chi connectivity index (χ1n) is 8.32.